The first-order valence-corrected chi connectivity index (χ1v) is 14.7. The summed E-state index contributed by atoms with van der Waals surface area (Å²) in [6.07, 6.45) is 1.24. The van der Waals surface area contributed by atoms with Crippen molar-refractivity contribution in [3.63, 3.8) is 0 Å². The molecule has 0 aliphatic rings. The molecular formula is C28H31BrFN3O4S. The number of nitrogens with zero attached hydrogens (tertiary/aromatic N) is 2. The Bertz CT molecular complexity index is 1330. The minimum absolute atomic E-state index is 0.0138. The maximum Gasteiger partial charge on any atom is 0.244 e. The van der Waals surface area contributed by atoms with Crippen LogP contribution in [0, 0.1) is 5.82 Å². The minimum Gasteiger partial charge on any atom is -0.352 e. The molecule has 0 unspecified atom stereocenters. The highest BCUT2D eigenvalue weighted by molar-refractivity contribution is 9.10. The molecule has 0 aliphatic heterocycles. The molecule has 0 bridgehead atoms. The summed E-state index contributed by atoms with van der Waals surface area (Å²) >= 11 is 3.33. The van der Waals surface area contributed by atoms with Gasteiger partial charge in [0.1, 0.15) is 18.4 Å². The van der Waals surface area contributed by atoms with Crippen LogP contribution in [0.5, 0.6) is 0 Å². The second-order valence-electron chi connectivity index (χ2n) is 9.26. The van der Waals surface area contributed by atoms with E-state index in [1.54, 1.807) is 36.4 Å². The van der Waals surface area contributed by atoms with Gasteiger partial charge in [0.25, 0.3) is 0 Å². The predicted molar refractivity (Wildman–Crippen MR) is 150 cm³/mol. The number of carbonyl (C=O) groups excluding carboxylic acids is 2. The molecule has 202 valence electrons. The Labute approximate surface area is 231 Å². The van der Waals surface area contributed by atoms with Gasteiger partial charge in [-0.3, -0.25) is 13.9 Å². The Hall–Kier alpha value is -3.24. The van der Waals surface area contributed by atoms with Gasteiger partial charge in [0, 0.05) is 23.5 Å². The fourth-order valence-electron chi connectivity index (χ4n) is 3.94. The normalized spacial score (nSPS) is 12.2. The quantitative estimate of drug-likeness (QED) is 0.349. The second-order valence-corrected chi connectivity index (χ2v) is 12.1. The largest absolute Gasteiger partial charge is 0.352 e. The number of amides is 2. The lowest BCUT2D eigenvalue weighted by Gasteiger charge is -2.34. The van der Waals surface area contributed by atoms with E-state index in [9.17, 15) is 22.4 Å². The summed E-state index contributed by atoms with van der Waals surface area (Å²) in [5.41, 5.74) is 1.75. The maximum absolute atomic E-state index is 13.9. The molecule has 7 nitrogen and oxygen atoms in total. The lowest BCUT2D eigenvalue weighted by atomic mass is 10.0. The zero-order chi connectivity index (χ0) is 27.9. The van der Waals surface area contributed by atoms with Crippen LogP contribution in [0.25, 0.3) is 0 Å². The van der Waals surface area contributed by atoms with Crippen molar-refractivity contribution < 1.29 is 22.4 Å². The van der Waals surface area contributed by atoms with E-state index in [1.165, 1.54) is 17.0 Å². The van der Waals surface area contributed by atoms with Crippen molar-refractivity contribution in [1.29, 1.82) is 0 Å². The Morgan fingerprint density at radius 2 is 1.53 bits per heavy atom. The van der Waals surface area contributed by atoms with E-state index in [2.05, 4.69) is 21.2 Å². The lowest BCUT2D eigenvalue weighted by Crippen LogP contribution is -2.54. The number of carbonyl (C=O) groups is 2. The van der Waals surface area contributed by atoms with Crippen LogP contribution in [0.2, 0.25) is 0 Å². The third-order valence-corrected chi connectivity index (χ3v) is 7.43. The first kappa shape index (κ1) is 29.3. The molecule has 10 heteroatoms. The molecule has 38 heavy (non-hydrogen) atoms. The molecule has 3 rings (SSSR count). The summed E-state index contributed by atoms with van der Waals surface area (Å²) in [5.74, 6) is -1.36. The number of rotatable bonds is 11. The van der Waals surface area contributed by atoms with Crippen LogP contribution < -0.4 is 9.62 Å². The van der Waals surface area contributed by atoms with Crippen molar-refractivity contribution in [3.8, 4) is 0 Å². The summed E-state index contributed by atoms with van der Waals surface area (Å²) in [6, 6.07) is 20.3. The fraction of sp³-hybridized carbons (Fsp3) is 0.286. The maximum atomic E-state index is 13.9. The van der Waals surface area contributed by atoms with Crippen LogP contribution in [0.3, 0.4) is 0 Å². The van der Waals surface area contributed by atoms with E-state index in [0.717, 1.165) is 20.6 Å². The first-order valence-electron chi connectivity index (χ1n) is 12.1. The van der Waals surface area contributed by atoms with Crippen LogP contribution >= 0.6 is 15.9 Å². The van der Waals surface area contributed by atoms with Gasteiger partial charge in [-0.2, -0.15) is 0 Å². The van der Waals surface area contributed by atoms with Crippen molar-refractivity contribution in [2.75, 3.05) is 17.1 Å². The first-order chi connectivity index (χ1) is 17.9. The Kier molecular flexibility index (Phi) is 10.0. The summed E-state index contributed by atoms with van der Waals surface area (Å²) < 4.78 is 40.8. The SMILES string of the molecule is CC(C)NC(=O)[C@H](Cc1ccccc1)N(Cc1ccc(F)cc1)C(=O)CN(c1ccc(Br)cc1)S(C)(=O)=O. The van der Waals surface area contributed by atoms with Gasteiger partial charge in [0.2, 0.25) is 21.8 Å². The molecule has 1 atom stereocenters. The molecule has 3 aromatic rings. The zero-order valence-corrected chi connectivity index (χ0v) is 23.9. The molecule has 0 saturated heterocycles. The summed E-state index contributed by atoms with van der Waals surface area (Å²) in [6.45, 7) is 3.12. The number of hydrogen-bond donors (Lipinski definition) is 1. The third kappa shape index (κ3) is 8.39. The fourth-order valence-corrected chi connectivity index (χ4v) is 5.06. The number of nitrogens with one attached hydrogen (secondary N) is 1. The molecule has 0 spiro atoms. The molecule has 0 fully saturated rings. The molecular weight excluding hydrogens is 573 g/mol. The minimum atomic E-state index is -3.84. The molecule has 0 saturated carbocycles. The van der Waals surface area contributed by atoms with E-state index in [0.29, 0.717) is 11.3 Å². The van der Waals surface area contributed by atoms with E-state index < -0.39 is 34.3 Å². The second kappa shape index (κ2) is 13.0. The Balaban J connectivity index is 2.04. The molecule has 1 N–H and O–H groups in total. The van der Waals surface area contributed by atoms with Crippen LogP contribution in [0.1, 0.15) is 25.0 Å². The van der Waals surface area contributed by atoms with Crippen LogP contribution in [0.15, 0.2) is 83.3 Å². The Morgan fingerprint density at radius 3 is 2.08 bits per heavy atom. The van der Waals surface area contributed by atoms with Crippen molar-refractivity contribution in [2.45, 2.75) is 38.9 Å². The van der Waals surface area contributed by atoms with Gasteiger partial charge in [-0.05, 0) is 61.4 Å². The average molecular weight is 605 g/mol. The van der Waals surface area contributed by atoms with Crippen LogP contribution in [-0.4, -0.2) is 50.0 Å². The van der Waals surface area contributed by atoms with Crippen molar-refractivity contribution in [1.82, 2.24) is 10.2 Å². The van der Waals surface area contributed by atoms with E-state index in [1.807, 2.05) is 44.2 Å². The molecule has 0 aromatic heterocycles. The van der Waals surface area contributed by atoms with Crippen molar-refractivity contribution >= 4 is 43.5 Å². The lowest BCUT2D eigenvalue weighted by molar-refractivity contribution is -0.140. The number of halogens is 2. The number of anilines is 1. The van der Waals surface area contributed by atoms with Crippen molar-refractivity contribution in [3.05, 3.63) is 100 Å². The molecule has 0 heterocycles. The standard InChI is InChI=1S/C28H31BrFN3O4S/c1-20(2)31-28(35)26(17-21-7-5-4-6-8-21)32(18-22-9-13-24(30)14-10-22)27(34)19-33(38(3,36)37)25-15-11-23(29)12-16-25/h4-16,20,26H,17-19H2,1-3H3,(H,31,35)/t26-/m0/s1. The topological polar surface area (TPSA) is 86.8 Å². The van der Waals surface area contributed by atoms with E-state index in [4.69, 9.17) is 0 Å². The number of hydrogen-bond acceptors (Lipinski definition) is 4. The molecule has 0 aliphatic carbocycles. The number of benzene rings is 3. The van der Waals surface area contributed by atoms with E-state index in [-0.39, 0.29) is 24.9 Å². The van der Waals surface area contributed by atoms with Crippen LogP contribution in [-0.2, 0) is 32.6 Å². The summed E-state index contributed by atoms with van der Waals surface area (Å²) in [4.78, 5) is 28.7. The third-order valence-electron chi connectivity index (χ3n) is 5.76. The van der Waals surface area contributed by atoms with Crippen molar-refractivity contribution in [2.24, 2.45) is 0 Å². The highest BCUT2D eigenvalue weighted by Crippen LogP contribution is 2.22. The van der Waals surface area contributed by atoms with Crippen LogP contribution in [0.4, 0.5) is 10.1 Å². The monoisotopic (exact) mass is 603 g/mol. The molecule has 0 radical (unpaired) electrons. The summed E-state index contributed by atoms with van der Waals surface area (Å²) in [7, 11) is -3.84. The van der Waals surface area contributed by atoms with Gasteiger partial charge in [-0.1, -0.05) is 58.4 Å². The van der Waals surface area contributed by atoms with Gasteiger partial charge < -0.3 is 10.2 Å². The van der Waals surface area contributed by atoms with Gasteiger partial charge in [-0.15, -0.1) is 0 Å². The number of sulfonamides is 1. The highest BCUT2D eigenvalue weighted by Gasteiger charge is 2.33. The zero-order valence-electron chi connectivity index (χ0n) is 21.5. The van der Waals surface area contributed by atoms with Gasteiger partial charge in [0.15, 0.2) is 0 Å². The molecule has 2 amide bonds. The van der Waals surface area contributed by atoms with E-state index >= 15 is 0 Å². The Morgan fingerprint density at radius 1 is 0.921 bits per heavy atom. The highest BCUT2D eigenvalue weighted by atomic mass is 79.9. The predicted octanol–water partition coefficient (Wildman–Crippen LogP) is 4.52. The average Bonchev–Trinajstić information content (AvgIpc) is 2.86. The van der Waals surface area contributed by atoms with Gasteiger partial charge >= 0.3 is 0 Å². The smallest absolute Gasteiger partial charge is 0.244 e. The van der Waals surface area contributed by atoms with Gasteiger partial charge in [0.05, 0.1) is 11.9 Å². The van der Waals surface area contributed by atoms with Gasteiger partial charge in [-0.25, -0.2) is 12.8 Å². The summed E-state index contributed by atoms with van der Waals surface area (Å²) in [5, 5.41) is 2.88. The molecule has 3 aromatic carbocycles.